The number of benzene rings is 3. The molecular weight excluding hydrogens is 424 g/mol. The van der Waals surface area contributed by atoms with Gasteiger partial charge in [-0.25, -0.2) is 9.96 Å². The van der Waals surface area contributed by atoms with Crippen molar-refractivity contribution in [2.75, 3.05) is 24.2 Å². The molecule has 5 rings (SSSR count). The van der Waals surface area contributed by atoms with Gasteiger partial charge in [-0.2, -0.15) is 0 Å². The van der Waals surface area contributed by atoms with Crippen molar-refractivity contribution in [2.24, 2.45) is 5.92 Å². The van der Waals surface area contributed by atoms with E-state index in [9.17, 15) is 14.7 Å². The van der Waals surface area contributed by atoms with E-state index < -0.39 is 24.0 Å². The molecule has 2 saturated heterocycles. The van der Waals surface area contributed by atoms with E-state index in [1.807, 2.05) is 30.3 Å². The molecule has 2 fully saturated rings. The van der Waals surface area contributed by atoms with Gasteiger partial charge in [0.25, 0.3) is 5.91 Å². The number of methoxy groups -OCH3 is 2. The largest absolute Gasteiger partial charge is 0.504 e. The molecule has 0 aromatic heterocycles. The maximum atomic E-state index is 13.7. The average molecular weight is 446 g/mol. The van der Waals surface area contributed by atoms with Gasteiger partial charge in [0.15, 0.2) is 17.6 Å². The fourth-order valence-electron chi connectivity index (χ4n) is 4.48. The van der Waals surface area contributed by atoms with E-state index in [1.165, 1.54) is 20.3 Å². The number of para-hydroxylation sites is 3. The molecule has 0 aliphatic carbocycles. The third-order valence-corrected chi connectivity index (χ3v) is 6.00. The summed E-state index contributed by atoms with van der Waals surface area (Å²) in [6.07, 6.45) is -1.01. The summed E-state index contributed by atoms with van der Waals surface area (Å²) in [7, 11) is 2.94. The number of phenolic OH excluding ortho intramolecular Hbond substituents is 1. The number of imide groups is 1. The first-order valence-electron chi connectivity index (χ1n) is 10.4. The predicted molar refractivity (Wildman–Crippen MR) is 120 cm³/mol. The van der Waals surface area contributed by atoms with Crippen LogP contribution >= 0.6 is 0 Å². The Hall–Kier alpha value is -4.04. The van der Waals surface area contributed by atoms with Crippen molar-refractivity contribution >= 4 is 23.2 Å². The first-order valence-corrected chi connectivity index (χ1v) is 10.4. The second kappa shape index (κ2) is 8.14. The zero-order chi connectivity index (χ0) is 23.1. The van der Waals surface area contributed by atoms with Gasteiger partial charge in [0.05, 0.1) is 31.6 Å². The summed E-state index contributed by atoms with van der Waals surface area (Å²) in [6, 6.07) is 20.4. The van der Waals surface area contributed by atoms with E-state index in [0.717, 1.165) is 4.90 Å². The molecule has 8 nitrogen and oxygen atoms in total. The summed E-state index contributed by atoms with van der Waals surface area (Å²) in [5, 5.41) is 11.7. The Morgan fingerprint density at radius 3 is 2.27 bits per heavy atom. The number of carbonyl (C=O) groups excluding carboxylic acids is 2. The fourth-order valence-corrected chi connectivity index (χ4v) is 4.48. The molecule has 2 aliphatic rings. The number of carbonyl (C=O) groups is 2. The summed E-state index contributed by atoms with van der Waals surface area (Å²) in [6.45, 7) is 0. The smallest absolute Gasteiger partial charge is 0.266 e. The zero-order valence-corrected chi connectivity index (χ0v) is 18.0. The van der Waals surface area contributed by atoms with Crippen LogP contribution in [0.2, 0.25) is 0 Å². The molecule has 3 aromatic rings. The maximum Gasteiger partial charge on any atom is 0.266 e. The summed E-state index contributed by atoms with van der Waals surface area (Å²) >= 11 is 0. The third-order valence-electron chi connectivity index (χ3n) is 6.00. The number of aromatic hydroxyl groups is 1. The molecule has 1 N–H and O–H groups in total. The van der Waals surface area contributed by atoms with Crippen LogP contribution in [-0.4, -0.2) is 37.2 Å². The molecule has 2 aliphatic heterocycles. The summed E-state index contributed by atoms with van der Waals surface area (Å²) in [5.74, 6) is -0.984. The number of fused-ring (bicyclic) bond motifs is 1. The lowest BCUT2D eigenvalue weighted by atomic mass is 9.90. The van der Waals surface area contributed by atoms with E-state index in [0.29, 0.717) is 22.7 Å². The maximum absolute atomic E-state index is 13.7. The lowest BCUT2D eigenvalue weighted by Crippen LogP contribution is -2.37. The standard InChI is InChI=1S/C25H22N2O6/c1-31-19-11-7-6-10-17(19)26-24(29)21-22(15-12-13-18(28)20(14-15)32-2)27(33-23(21)25(26)30)16-8-4-3-5-9-16/h3-14,21-23,28H,1-2H3/t21-,22+,23-/m1/s1. The van der Waals surface area contributed by atoms with Crippen LogP contribution in [0.4, 0.5) is 11.4 Å². The number of nitrogens with zero attached hydrogens (tertiary/aromatic N) is 2. The molecule has 0 radical (unpaired) electrons. The minimum Gasteiger partial charge on any atom is -0.504 e. The van der Waals surface area contributed by atoms with Crippen LogP contribution in [0.15, 0.2) is 72.8 Å². The highest BCUT2D eigenvalue weighted by molar-refractivity contribution is 6.24. The van der Waals surface area contributed by atoms with Gasteiger partial charge in [-0.1, -0.05) is 36.4 Å². The average Bonchev–Trinajstić information content (AvgIpc) is 3.36. The van der Waals surface area contributed by atoms with Crippen LogP contribution in [0, 0.1) is 5.92 Å². The molecule has 3 aromatic carbocycles. The van der Waals surface area contributed by atoms with Gasteiger partial charge in [-0.15, -0.1) is 0 Å². The Morgan fingerprint density at radius 1 is 0.848 bits per heavy atom. The lowest BCUT2D eigenvalue weighted by molar-refractivity contribution is -0.126. The fraction of sp³-hybridized carbons (Fsp3) is 0.200. The molecule has 3 atom stereocenters. The number of anilines is 2. The van der Waals surface area contributed by atoms with Crippen molar-refractivity contribution < 1.29 is 29.0 Å². The van der Waals surface area contributed by atoms with E-state index >= 15 is 0 Å². The number of phenols is 1. The van der Waals surface area contributed by atoms with Crippen molar-refractivity contribution in [1.82, 2.24) is 0 Å². The van der Waals surface area contributed by atoms with Crippen LogP contribution in [0.5, 0.6) is 17.2 Å². The number of amides is 2. The third kappa shape index (κ3) is 3.27. The highest BCUT2D eigenvalue weighted by Gasteiger charge is 2.60. The number of rotatable bonds is 5. The molecule has 33 heavy (non-hydrogen) atoms. The summed E-state index contributed by atoms with van der Waals surface area (Å²) < 4.78 is 10.7. The number of hydroxylamine groups is 1. The van der Waals surface area contributed by atoms with Crippen LogP contribution in [-0.2, 0) is 14.4 Å². The number of hydrogen-bond donors (Lipinski definition) is 1. The molecule has 0 bridgehead atoms. The van der Waals surface area contributed by atoms with Gasteiger partial charge in [-0.3, -0.25) is 14.4 Å². The highest BCUT2D eigenvalue weighted by atomic mass is 16.7. The predicted octanol–water partition coefficient (Wildman–Crippen LogP) is 3.46. The Morgan fingerprint density at radius 2 is 1.55 bits per heavy atom. The van der Waals surface area contributed by atoms with Gasteiger partial charge in [0, 0.05) is 0 Å². The van der Waals surface area contributed by atoms with Crippen molar-refractivity contribution in [1.29, 1.82) is 0 Å². The summed E-state index contributed by atoms with van der Waals surface area (Å²) in [4.78, 5) is 34.4. The first kappa shape index (κ1) is 20.8. The van der Waals surface area contributed by atoms with Gasteiger partial charge >= 0.3 is 0 Å². The van der Waals surface area contributed by atoms with Crippen molar-refractivity contribution in [3.05, 3.63) is 78.4 Å². The van der Waals surface area contributed by atoms with E-state index in [4.69, 9.17) is 14.3 Å². The molecule has 0 spiro atoms. The molecule has 0 saturated carbocycles. The Bertz CT molecular complexity index is 1210. The minimum atomic E-state index is -1.01. The zero-order valence-electron chi connectivity index (χ0n) is 18.0. The molecule has 2 amide bonds. The topological polar surface area (TPSA) is 88.5 Å². The quantitative estimate of drug-likeness (QED) is 0.601. The second-order valence-electron chi connectivity index (χ2n) is 7.77. The minimum absolute atomic E-state index is 0.0209. The number of hydrogen-bond acceptors (Lipinski definition) is 7. The van der Waals surface area contributed by atoms with Crippen LogP contribution in [0.3, 0.4) is 0 Å². The van der Waals surface area contributed by atoms with E-state index in [2.05, 4.69) is 0 Å². The van der Waals surface area contributed by atoms with Gasteiger partial charge in [0.1, 0.15) is 11.7 Å². The SMILES string of the molecule is COc1cc([C@H]2[C@H]3C(=O)N(c4ccccc4OC)C(=O)[C@@H]3ON2c2ccccc2)ccc1O. The first-order chi connectivity index (χ1) is 16.0. The Kier molecular flexibility index (Phi) is 5.14. The highest BCUT2D eigenvalue weighted by Crippen LogP contribution is 2.49. The van der Waals surface area contributed by atoms with Gasteiger partial charge in [0.2, 0.25) is 5.91 Å². The Balaban J connectivity index is 1.62. The second-order valence-corrected chi connectivity index (χ2v) is 7.77. The van der Waals surface area contributed by atoms with Crippen LogP contribution < -0.4 is 19.4 Å². The molecule has 168 valence electrons. The monoisotopic (exact) mass is 446 g/mol. The molecule has 2 heterocycles. The van der Waals surface area contributed by atoms with Crippen molar-refractivity contribution in [3.8, 4) is 17.2 Å². The Labute approximate surface area is 190 Å². The lowest BCUT2D eigenvalue weighted by Gasteiger charge is -2.29. The van der Waals surface area contributed by atoms with Crippen LogP contribution in [0.25, 0.3) is 0 Å². The van der Waals surface area contributed by atoms with Crippen molar-refractivity contribution in [2.45, 2.75) is 12.1 Å². The van der Waals surface area contributed by atoms with E-state index in [1.54, 1.807) is 41.5 Å². The molecule has 8 heteroatoms. The summed E-state index contributed by atoms with van der Waals surface area (Å²) in [5.41, 5.74) is 1.75. The van der Waals surface area contributed by atoms with Crippen LogP contribution in [0.1, 0.15) is 11.6 Å². The normalized spacial score (nSPS) is 21.9. The van der Waals surface area contributed by atoms with Crippen molar-refractivity contribution in [3.63, 3.8) is 0 Å². The van der Waals surface area contributed by atoms with Gasteiger partial charge < -0.3 is 14.6 Å². The van der Waals surface area contributed by atoms with Gasteiger partial charge in [-0.05, 0) is 42.0 Å². The van der Waals surface area contributed by atoms with E-state index in [-0.39, 0.29) is 17.4 Å². The molecule has 0 unspecified atom stereocenters. The number of ether oxygens (including phenoxy) is 2. The molecular formula is C25H22N2O6.